The third-order valence-electron chi connectivity index (χ3n) is 14.1. The summed E-state index contributed by atoms with van der Waals surface area (Å²) in [6, 6.07) is 35.3. The number of alkyl halides is 3. The largest absolute Gasteiger partial charge is 0.501 e. The van der Waals surface area contributed by atoms with Gasteiger partial charge in [0.15, 0.2) is 0 Å². The Labute approximate surface area is 439 Å². The molecule has 3 aliphatic heterocycles. The van der Waals surface area contributed by atoms with Crippen molar-refractivity contribution in [3.63, 3.8) is 0 Å². The van der Waals surface area contributed by atoms with E-state index in [1.165, 1.54) is 28.6 Å². The molecule has 0 amide bonds. The summed E-state index contributed by atoms with van der Waals surface area (Å²) in [6.45, 7) is 9.12. The lowest BCUT2D eigenvalue weighted by atomic mass is 9.96. The summed E-state index contributed by atoms with van der Waals surface area (Å²) in [4.78, 5) is 19.4. The van der Waals surface area contributed by atoms with E-state index in [1.807, 2.05) is 97.3 Å². The maximum Gasteiger partial charge on any atom is 0.501 e. The van der Waals surface area contributed by atoms with Crippen LogP contribution in [0.4, 0.5) is 35.9 Å². The minimum absolute atomic E-state index is 0.0000452. The molecule has 0 radical (unpaired) electrons. The van der Waals surface area contributed by atoms with Crippen LogP contribution >= 0.6 is 30.9 Å². The second-order valence-electron chi connectivity index (χ2n) is 18.7. The highest BCUT2D eigenvalue weighted by Gasteiger charge is 2.49. The van der Waals surface area contributed by atoms with E-state index < -0.39 is 39.8 Å². The zero-order valence-corrected chi connectivity index (χ0v) is 44.3. The van der Waals surface area contributed by atoms with Crippen molar-refractivity contribution in [2.24, 2.45) is 0 Å². The van der Waals surface area contributed by atoms with Crippen LogP contribution in [-0.2, 0) is 25.5 Å². The van der Waals surface area contributed by atoms with Crippen LogP contribution in [0.15, 0.2) is 131 Å². The number of thioether (sulfide) groups is 1. The van der Waals surface area contributed by atoms with Gasteiger partial charge in [-0.15, -0.1) is 11.8 Å². The number of nitrogens with zero attached hydrogens (tertiary/aromatic N) is 5. The zero-order chi connectivity index (χ0) is 52.4. The Hall–Kier alpha value is -5.46. The molecule has 13 nitrogen and oxygen atoms in total. The number of carbonyl (C=O) groups is 1. The van der Waals surface area contributed by atoms with Gasteiger partial charge in [-0.3, -0.25) is 9.24 Å². The van der Waals surface area contributed by atoms with Crippen molar-refractivity contribution < 1.29 is 45.7 Å². The number of carboxylic acid groups (broad SMARTS) is 1. The Morgan fingerprint density at radius 1 is 0.838 bits per heavy atom. The Balaban J connectivity index is 0.919. The molecule has 20 heteroatoms. The molecular formula is C54H59ClF3N6O7PS2. The summed E-state index contributed by atoms with van der Waals surface area (Å²) in [6.07, 6.45) is 1.35. The number of aromatic nitrogens is 1. The van der Waals surface area contributed by atoms with Crippen molar-refractivity contribution in [1.82, 2.24) is 9.47 Å². The fourth-order valence-corrected chi connectivity index (χ4v) is 14.6. The number of piperazine rings is 1. The number of halogens is 4. The van der Waals surface area contributed by atoms with Crippen molar-refractivity contribution in [1.29, 1.82) is 0 Å². The molecule has 0 spiro atoms. The van der Waals surface area contributed by atoms with E-state index in [2.05, 4.69) is 20.0 Å². The number of hydrogen-bond acceptors (Lipinski definition) is 11. The van der Waals surface area contributed by atoms with Crippen LogP contribution < -0.4 is 25.1 Å². The van der Waals surface area contributed by atoms with Gasteiger partial charge < -0.3 is 39.3 Å². The number of nitrogens with one attached hydrogen (secondary N) is 1. The fraction of sp³-hybridized carbons (Fsp3) is 0.352. The Morgan fingerprint density at radius 3 is 2.15 bits per heavy atom. The summed E-state index contributed by atoms with van der Waals surface area (Å²) in [5.74, 6) is -0.583. The van der Waals surface area contributed by atoms with Gasteiger partial charge in [0.1, 0.15) is 4.90 Å². The van der Waals surface area contributed by atoms with Gasteiger partial charge in [0.25, 0.3) is 9.84 Å². The molecule has 9 rings (SSSR count). The highest BCUT2D eigenvalue weighted by Crippen LogP contribution is 2.56. The predicted molar refractivity (Wildman–Crippen MR) is 290 cm³/mol. The molecule has 0 unspecified atom stereocenters. The lowest BCUT2D eigenvalue weighted by Crippen LogP contribution is -2.46. The van der Waals surface area contributed by atoms with Crippen LogP contribution in [-0.4, -0.2) is 116 Å². The molecule has 6 aromatic rings. The van der Waals surface area contributed by atoms with E-state index in [1.54, 1.807) is 24.3 Å². The second kappa shape index (κ2) is 22.4. The van der Waals surface area contributed by atoms with Crippen molar-refractivity contribution in [2.75, 3.05) is 84.5 Å². The van der Waals surface area contributed by atoms with E-state index in [4.69, 9.17) is 16.1 Å². The van der Waals surface area contributed by atoms with Gasteiger partial charge in [0, 0.05) is 102 Å². The fourth-order valence-electron chi connectivity index (χ4n) is 10.2. The van der Waals surface area contributed by atoms with Crippen molar-refractivity contribution in [3.05, 3.63) is 138 Å². The number of likely N-dealkylation sites (tertiary alicyclic amines) is 1. The van der Waals surface area contributed by atoms with Crippen LogP contribution in [0.25, 0.3) is 22.4 Å². The topological polar surface area (TPSA) is 148 Å². The number of aliphatic hydroxyl groups excluding tert-OH is 1. The lowest BCUT2D eigenvalue weighted by Gasteiger charge is -2.37. The maximum atomic E-state index is 15.0. The Morgan fingerprint density at radius 2 is 1.50 bits per heavy atom. The minimum Gasteiger partial charge on any atom is -0.478 e. The zero-order valence-electron chi connectivity index (χ0n) is 41.0. The van der Waals surface area contributed by atoms with Gasteiger partial charge in [-0.05, 0) is 123 Å². The molecule has 3 saturated heterocycles. The lowest BCUT2D eigenvalue weighted by molar-refractivity contribution is -0.0435. The third kappa shape index (κ3) is 11.2. The number of sulfone groups is 1. The van der Waals surface area contributed by atoms with Crippen LogP contribution in [0.1, 0.15) is 42.2 Å². The number of aromatic carboxylic acids is 1. The number of rotatable bonds is 17. The quantitative estimate of drug-likeness (QED) is 0.0588. The summed E-state index contributed by atoms with van der Waals surface area (Å²) in [7, 11) is -10.0. The summed E-state index contributed by atoms with van der Waals surface area (Å²) >= 11 is 7.74. The summed E-state index contributed by atoms with van der Waals surface area (Å²) in [5, 5.41) is 24.1. The molecule has 0 saturated carbocycles. The average molecular weight is 1090 g/mol. The molecule has 3 fully saturated rings. The minimum atomic E-state index is -5.94. The number of piperidine rings is 1. The second-order valence-corrected chi connectivity index (χ2v) is 24.5. The molecule has 5 aromatic carbocycles. The van der Waals surface area contributed by atoms with Crippen LogP contribution in [0, 0.1) is 6.92 Å². The van der Waals surface area contributed by atoms with Crippen LogP contribution in [0.2, 0.25) is 5.02 Å². The van der Waals surface area contributed by atoms with Gasteiger partial charge in [-0.25, -0.2) is 13.2 Å². The van der Waals surface area contributed by atoms with E-state index >= 15 is 0 Å². The Bertz CT molecular complexity index is 3120. The number of aliphatic hydroxyl groups is 1. The Kier molecular flexibility index (Phi) is 16.2. The molecule has 3 aliphatic rings. The van der Waals surface area contributed by atoms with Gasteiger partial charge in [0.05, 0.1) is 41.5 Å². The molecule has 392 valence electrons. The van der Waals surface area contributed by atoms with Gasteiger partial charge >= 0.3 is 19.0 Å². The van der Waals surface area contributed by atoms with Crippen LogP contribution in [0.3, 0.4) is 0 Å². The summed E-state index contributed by atoms with van der Waals surface area (Å²) < 4.78 is 94.7. The number of anilines is 4. The molecule has 1 aromatic heterocycles. The van der Waals surface area contributed by atoms with E-state index in [0.29, 0.717) is 99.3 Å². The molecule has 0 bridgehead atoms. The van der Waals surface area contributed by atoms with Gasteiger partial charge in [-0.1, -0.05) is 54.1 Å². The van der Waals surface area contributed by atoms with E-state index in [9.17, 15) is 41.2 Å². The third-order valence-corrected chi connectivity index (χ3v) is 19.6. The predicted octanol–water partition coefficient (Wildman–Crippen LogP) is 10.9. The molecule has 0 aliphatic carbocycles. The molecular weight excluding hydrogens is 1030 g/mol. The maximum absolute atomic E-state index is 15.0. The van der Waals surface area contributed by atoms with Gasteiger partial charge in [0.2, 0.25) is 0 Å². The first-order valence-corrected chi connectivity index (χ1v) is 29.1. The van der Waals surface area contributed by atoms with E-state index in [-0.39, 0.29) is 35.8 Å². The normalized spacial score (nSPS) is 18.5. The van der Waals surface area contributed by atoms with Crippen molar-refractivity contribution >= 4 is 74.7 Å². The summed E-state index contributed by atoms with van der Waals surface area (Å²) in [5.41, 5.74) is 0.498. The molecule has 4 heterocycles. The standard InChI is InChI=1S/C54H59ClF3N6O7PS2/c1-3-63-37(2)50(53(66)67)51(52(63)38-12-14-40(55)15-13-38)39-8-7-9-44(34-39)62-30-28-61(29-31-62)42-16-18-43(19-17-42)64-32-33-71-72(64,68)46-20-21-48(49(35-46)74(69,70)54(56,57)58)59-41(36-73-47-10-5-4-6-11-47)22-25-60-26-23-45(65)24-27-60/h4-21,34-35,41,45,59,65H,3,22-33,36H2,1-2H3,(H,66,67)/t41-,72-/m1/s1. The number of hydrogen-bond donors (Lipinski definition) is 3. The number of benzene rings is 5. The first-order valence-electron chi connectivity index (χ1n) is 24.7. The van der Waals surface area contributed by atoms with Crippen molar-refractivity contribution in [2.45, 2.75) is 67.1 Å². The first-order chi connectivity index (χ1) is 35.4. The molecule has 3 N–H and O–H groups in total. The van der Waals surface area contributed by atoms with Crippen LogP contribution in [0.5, 0.6) is 0 Å². The highest BCUT2D eigenvalue weighted by molar-refractivity contribution is 7.99. The average Bonchev–Trinajstić information content (AvgIpc) is 3.95. The SMILES string of the molecule is CCn1c(C)c(C(=O)O)c(-c2cccc(N3CCN(c4ccc(N5CCO[P@]5(=O)c5ccc(N[C@H](CCN6CCC(O)CC6)CSc6ccccc6)c(S(=O)(=O)C(F)(F)F)c5)cc4)CC3)c2)c1-c1ccc(Cl)cc1. The number of carboxylic acids is 1. The van der Waals surface area contributed by atoms with E-state index in [0.717, 1.165) is 39.2 Å². The monoisotopic (exact) mass is 1090 g/mol. The molecule has 74 heavy (non-hydrogen) atoms. The smallest absolute Gasteiger partial charge is 0.478 e. The first kappa shape index (κ1) is 53.4. The van der Waals surface area contributed by atoms with Gasteiger partial charge in [-0.2, -0.15) is 13.2 Å². The molecule has 2 atom stereocenters. The van der Waals surface area contributed by atoms with Crippen molar-refractivity contribution in [3.8, 4) is 22.4 Å². The highest BCUT2D eigenvalue weighted by atomic mass is 35.5.